The van der Waals surface area contributed by atoms with E-state index in [2.05, 4.69) is 6.58 Å². The van der Waals surface area contributed by atoms with Gasteiger partial charge in [0.15, 0.2) is 0 Å². The third-order valence-corrected chi connectivity index (χ3v) is 1.83. The minimum Gasteiger partial charge on any atom is -0.395 e. The molecule has 0 aliphatic heterocycles. The van der Waals surface area contributed by atoms with E-state index < -0.39 is 6.16 Å². The smallest absolute Gasteiger partial charge is 0.395 e. The van der Waals surface area contributed by atoms with Crippen molar-refractivity contribution in [2.45, 2.75) is 6.92 Å². The van der Waals surface area contributed by atoms with Crippen LogP contribution in [0.25, 0.3) is 0 Å². The summed E-state index contributed by atoms with van der Waals surface area (Å²) in [7, 11) is 0. The number of rotatable bonds is 4. The lowest BCUT2D eigenvalue weighted by Gasteiger charge is -2.05. The third kappa shape index (κ3) is 4.84. The summed E-state index contributed by atoms with van der Waals surface area (Å²) >= 11 is 0. The highest BCUT2D eigenvalue weighted by Gasteiger charge is 2.06. The van der Waals surface area contributed by atoms with Crippen LogP contribution in [-0.4, -0.2) is 6.16 Å². The van der Waals surface area contributed by atoms with E-state index >= 15 is 0 Å². The van der Waals surface area contributed by atoms with Crippen LogP contribution >= 0.6 is 0 Å². The molecule has 0 radical (unpaired) electrons. The number of carbonyl (C=O) groups is 1. The van der Waals surface area contributed by atoms with Gasteiger partial charge < -0.3 is 9.47 Å². The Labute approximate surface area is 101 Å². The van der Waals surface area contributed by atoms with Crippen molar-refractivity contribution >= 4 is 6.16 Å². The highest BCUT2D eigenvalue weighted by molar-refractivity contribution is 5.65. The van der Waals surface area contributed by atoms with Gasteiger partial charge in [-0.1, -0.05) is 36.9 Å². The summed E-state index contributed by atoms with van der Waals surface area (Å²) in [4.78, 5) is 11.4. The Morgan fingerprint density at radius 3 is 2.59 bits per heavy atom. The zero-order valence-electron chi connectivity index (χ0n) is 9.63. The van der Waals surface area contributed by atoms with Gasteiger partial charge >= 0.3 is 6.16 Å². The van der Waals surface area contributed by atoms with Crippen molar-refractivity contribution in [3.05, 3.63) is 67.0 Å². The van der Waals surface area contributed by atoms with E-state index in [9.17, 15) is 4.79 Å². The summed E-state index contributed by atoms with van der Waals surface area (Å²) in [6.07, 6.45) is 5.78. The molecule has 0 atom stereocenters. The highest BCUT2D eigenvalue weighted by Crippen LogP contribution is 2.11. The molecule has 0 amide bonds. The molecule has 0 spiro atoms. The molecule has 0 saturated heterocycles. The summed E-state index contributed by atoms with van der Waals surface area (Å²) in [5, 5.41) is 0. The van der Waals surface area contributed by atoms with E-state index in [0.29, 0.717) is 11.5 Å². The van der Waals surface area contributed by atoms with Crippen LogP contribution in [0.3, 0.4) is 0 Å². The fourth-order valence-electron chi connectivity index (χ4n) is 1.05. The van der Waals surface area contributed by atoms with Crippen molar-refractivity contribution in [1.29, 1.82) is 0 Å². The molecular weight excluding hydrogens is 216 g/mol. The van der Waals surface area contributed by atoms with E-state index in [1.54, 1.807) is 55.5 Å². The molecule has 1 aromatic rings. The Hall–Kier alpha value is -2.29. The number of carbonyl (C=O) groups excluding carboxylic acids is 1. The van der Waals surface area contributed by atoms with Gasteiger partial charge in [-0.25, -0.2) is 4.79 Å². The molecule has 0 saturated carbocycles. The number of para-hydroxylation sites is 1. The fraction of sp³-hybridized carbons (Fsp3) is 0.0714. The lowest BCUT2D eigenvalue weighted by molar-refractivity contribution is 0.129. The van der Waals surface area contributed by atoms with E-state index in [-0.39, 0.29) is 0 Å². The molecule has 0 bridgehead atoms. The van der Waals surface area contributed by atoms with Gasteiger partial charge in [0.1, 0.15) is 11.5 Å². The van der Waals surface area contributed by atoms with Crippen LogP contribution in [-0.2, 0) is 4.74 Å². The molecule has 0 aliphatic rings. The summed E-state index contributed by atoms with van der Waals surface area (Å²) in [5.41, 5.74) is 0. The first-order valence-electron chi connectivity index (χ1n) is 5.16. The molecule has 0 aromatic heterocycles. The van der Waals surface area contributed by atoms with Crippen molar-refractivity contribution in [1.82, 2.24) is 0 Å². The second kappa shape index (κ2) is 7.06. The zero-order valence-corrected chi connectivity index (χ0v) is 9.63. The predicted molar refractivity (Wildman–Crippen MR) is 66.6 cm³/mol. The van der Waals surface area contributed by atoms with Crippen LogP contribution in [0.15, 0.2) is 67.0 Å². The van der Waals surface area contributed by atoms with Crippen molar-refractivity contribution in [2.75, 3.05) is 0 Å². The summed E-state index contributed by atoms with van der Waals surface area (Å²) < 4.78 is 9.94. The van der Waals surface area contributed by atoms with Crippen LogP contribution in [0.5, 0.6) is 5.75 Å². The summed E-state index contributed by atoms with van der Waals surface area (Å²) in [6.45, 7) is 5.29. The first-order valence-corrected chi connectivity index (χ1v) is 5.16. The van der Waals surface area contributed by atoms with Crippen LogP contribution in [0, 0.1) is 0 Å². The van der Waals surface area contributed by atoms with Gasteiger partial charge in [0.05, 0.1) is 0 Å². The molecule has 0 fully saturated rings. The third-order valence-electron chi connectivity index (χ3n) is 1.83. The Morgan fingerprint density at radius 1 is 1.29 bits per heavy atom. The molecule has 0 N–H and O–H groups in total. The molecule has 0 heterocycles. The minimum absolute atomic E-state index is 0.408. The molecule has 1 rings (SSSR count). The van der Waals surface area contributed by atoms with E-state index in [1.165, 1.54) is 0 Å². The average molecular weight is 230 g/mol. The first kappa shape index (κ1) is 12.8. The number of hydrogen-bond acceptors (Lipinski definition) is 3. The number of benzene rings is 1. The Balaban J connectivity index is 2.55. The maximum Gasteiger partial charge on any atom is 0.519 e. The average Bonchev–Trinajstić information content (AvgIpc) is 2.35. The van der Waals surface area contributed by atoms with Crippen LogP contribution in [0.4, 0.5) is 4.79 Å². The molecule has 17 heavy (non-hydrogen) atoms. The molecule has 3 nitrogen and oxygen atoms in total. The van der Waals surface area contributed by atoms with Gasteiger partial charge in [0.25, 0.3) is 0 Å². The van der Waals surface area contributed by atoms with Crippen LogP contribution in [0.2, 0.25) is 0 Å². The van der Waals surface area contributed by atoms with Crippen LogP contribution in [0.1, 0.15) is 6.92 Å². The fourth-order valence-corrected chi connectivity index (χ4v) is 1.05. The second-order valence-electron chi connectivity index (χ2n) is 3.05. The predicted octanol–water partition coefficient (Wildman–Crippen LogP) is 3.85. The SMILES string of the molecule is C=CC=CC(=CC)OC(=O)Oc1ccccc1. The zero-order chi connectivity index (χ0) is 12.5. The molecule has 0 unspecified atom stereocenters. The standard InChI is InChI=1S/C14H14O3/c1-3-5-9-12(4-2)16-14(15)17-13-10-7-6-8-11-13/h3-11H,1H2,2H3. The number of ether oxygens (including phenoxy) is 2. The van der Waals surface area contributed by atoms with E-state index in [0.717, 1.165) is 0 Å². The van der Waals surface area contributed by atoms with Crippen molar-refractivity contribution in [2.24, 2.45) is 0 Å². The van der Waals surface area contributed by atoms with Crippen molar-refractivity contribution in [3.63, 3.8) is 0 Å². The van der Waals surface area contributed by atoms with Crippen LogP contribution < -0.4 is 4.74 Å². The Bertz CT molecular complexity index is 430. The Kier molecular flexibility index (Phi) is 5.31. The molecule has 0 aliphatic carbocycles. The van der Waals surface area contributed by atoms with Gasteiger partial charge in [0.2, 0.25) is 0 Å². The number of hydrogen-bond donors (Lipinski definition) is 0. The first-order chi connectivity index (χ1) is 8.26. The maximum atomic E-state index is 11.4. The van der Waals surface area contributed by atoms with Gasteiger partial charge in [-0.2, -0.15) is 0 Å². The topological polar surface area (TPSA) is 35.5 Å². The molecule has 88 valence electrons. The van der Waals surface area contributed by atoms with Gasteiger partial charge in [-0.05, 0) is 31.2 Å². The normalized spacial score (nSPS) is 11.2. The highest BCUT2D eigenvalue weighted by atomic mass is 16.7. The monoisotopic (exact) mass is 230 g/mol. The van der Waals surface area contributed by atoms with E-state index in [1.807, 2.05) is 6.07 Å². The molecule has 1 aromatic carbocycles. The molecular formula is C14H14O3. The maximum absolute atomic E-state index is 11.4. The Morgan fingerprint density at radius 2 is 2.00 bits per heavy atom. The van der Waals surface area contributed by atoms with Crippen molar-refractivity contribution in [3.8, 4) is 5.75 Å². The number of allylic oxidation sites excluding steroid dienone is 4. The minimum atomic E-state index is -0.766. The lowest BCUT2D eigenvalue weighted by atomic mass is 10.3. The largest absolute Gasteiger partial charge is 0.519 e. The van der Waals surface area contributed by atoms with Gasteiger partial charge in [0, 0.05) is 0 Å². The van der Waals surface area contributed by atoms with Crippen molar-refractivity contribution < 1.29 is 14.3 Å². The van der Waals surface area contributed by atoms with Gasteiger partial charge in [-0.3, -0.25) is 0 Å². The van der Waals surface area contributed by atoms with E-state index in [4.69, 9.17) is 9.47 Å². The quantitative estimate of drug-likeness (QED) is 0.341. The van der Waals surface area contributed by atoms with Gasteiger partial charge in [-0.15, -0.1) is 0 Å². The molecule has 3 heteroatoms. The summed E-state index contributed by atoms with van der Waals surface area (Å²) in [5.74, 6) is 0.853. The lowest BCUT2D eigenvalue weighted by Crippen LogP contribution is -2.09. The summed E-state index contributed by atoms with van der Waals surface area (Å²) in [6, 6.07) is 8.74. The second-order valence-corrected chi connectivity index (χ2v) is 3.05.